The van der Waals surface area contributed by atoms with E-state index in [4.69, 9.17) is 16.3 Å². The second kappa shape index (κ2) is 14.6. The van der Waals surface area contributed by atoms with E-state index in [2.05, 4.69) is 11.9 Å². The lowest BCUT2D eigenvalue weighted by atomic mass is 10.0. The zero-order valence-electron chi connectivity index (χ0n) is 19.0. The molecule has 0 aliphatic rings. The summed E-state index contributed by atoms with van der Waals surface area (Å²) >= 11 is 6.30. The van der Waals surface area contributed by atoms with Gasteiger partial charge in [-0.1, -0.05) is 95.6 Å². The number of pyridine rings is 1. The molecule has 1 atom stereocenters. The second-order valence-electron chi connectivity index (χ2n) is 8.30. The highest BCUT2D eigenvalue weighted by Crippen LogP contribution is 2.32. The Morgan fingerprint density at radius 3 is 2.03 bits per heavy atom. The van der Waals surface area contributed by atoms with Gasteiger partial charge in [0.1, 0.15) is 11.3 Å². The van der Waals surface area contributed by atoms with Crippen LogP contribution in [0.1, 0.15) is 109 Å². The molecule has 1 heterocycles. The zero-order valence-corrected chi connectivity index (χ0v) is 19.7. The van der Waals surface area contributed by atoms with Crippen LogP contribution in [0.4, 0.5) is 0 Å². The number of benzene rings is 1. The average molecular weight is 434 g/mol. The van der Waals surface area contributed by atoms with E-state index in [1.165, 1.54) is 70.6 Å². The molecule has 2 aromatic rings. The Morgan fingerprint density at radius 2 is 1.43 bits per heavy atom. The van der Waals surface area contributed by atoms with Gasteiger partial charge in [0.25, 0.3) is 0 Å². The van der Waals surface area contributed by atoms with Gasteiger partial charge in [-0.25, -0.2) is 4.98 Å². The van der Waals surface area contributed by atoms with Crippen LogP contribution in [-0.2, 0) is 0 Å². The first kappa shape index (κ1) is 24.9. The van der Waals surface area contributed by atoms with E-state index in [9.17, 15) is 5.11 Å². The molecule has 1 aromatic heterocycles. The van der Waals surface area contributed by atoms with Gasteiger partial charge in [-0.3, -0.25) is 0 Å². The number of unbranched alkanes of at least 4 members (excludes halogenated alkanes) is 11. The van der Waals surface area contributed by atoms with Crippen molar-refractivity contribution in [1.29, 1.82) is 0 Å². The summed E-state index contributed by atoms with van der Waals surface area (Å²) in [7, 11) is 0. The van der Waals surface area contributed by atoms with E-state index >= 15 is 0 Å². The molecule has 0 radical (unpaired) electrons. The Labute approximate surface area is 188 Å². The standard InChI is InChI=1S/C26H40ClNO2/c1-3-5-6-7-8-9-10-11-12-13-14-15-16-24(29)23-19-17-21-22(27)18-20-25(30-4-2)26(21)28-23/h17-20,24,29H,3-16H2,1-2H3. The highest BCUT2D eigenvalue weighted by molar-refractivity contribution is 6.35. The van der Waals surface area contributed by atoms with E-state index in [1.807, 2.05) is 31.2 Å². The summed E-state index contributed by atoms with van der Waals surface area (Å²) < 4.78 is 5.68. The summed E-state index contributed by atoms with van der Waals surface area (Å²) in [4.78, 5) is 4.67. The van der Waals surface area contributed by atoms with Crippen LogP contribution in [0.3, 0.4) is 0 Å². The van der Waals surface area contributed by atoms with Crippen LogP contribution in [0.25, 0.3) is 10.9 Å². The van der Waals surface area contributed by atoms with Crippen LogP contribution >= 0.6 is 11.6 Å². The summed E-state index contributed by atoms with van der Waals surface area (Å²) in [6.45, 7) is 4.79. The van der Waals surface area contributed by atoms with Crippen molar-refractivity contribution in [2.24, 2.45) is 0 Å². The van der Waals surface area contributed by atoms with Crippen molar-refractivity contribution in [3.8, 4) is 5.75 Å². The van der Waals surface area contributed by atoms with E-state index in [-0.39, 0.29) is 0 Å². The molecule has 0 fully saturated rings. The van der Waals surface area contributed by atoms with E-state index in [0.717, 1.165) is 29.5 Å². The van der Waals surface area contributed by atoms with Gasteiger partial charge in [0.05, 0.1) is 23.4 Å². The van der Waals surface area contributed by atoms with Crippen molar-refractivity contribution in [3.05, 3.63) is 35.0 Å². The van der Waals surface area contributed by atoms with Gasteiger partial charge >= 0.3 is 0 Å². The van der Waals surface area contributed by atoms with Crippen molar-refractivity contribution in [2.45, 2.75) is 103 Å². The fourth-order valence-corrected chi connectivity index (χ4v) is 4.17. The molecular weight excluding hydrogens is 394 g/mol. The summed E-state index contributed by atoms with van der Waals surface area (Å²) in [6, 6.07) is 7.50. The number of halogens is 1. The number of aliphatic hydroxyl groups excluding tert-OH is 1. The number of rotatable bonds is 16. The van der Waals surface area contributed by atoms with E-state index in [1.54, 1.807) is 0 Å². The molecule has 0 saturated heterocycles. The van der Waals surface area contributed by atoms with E-state index in [0.29, 0.717) is 17.3 Å². The van der Waals surface area contributed by atoms with Gasteiger partial charge in [-0.2, -0.15) is 0 Å². The molecular formula is C26H40ClNO2. The van der Waals surface area contributed by atoms with Crippen LogP contribution in [-0.4, -0.2) is 16.7 Å². The van der Waals surface area contributed by atoms with Gasteiger partial charge in [0, 0.05) is 5.39 Å². The largest absolute Gasteiger partial charge is 0.492 e. The van der Waals surface area contributed by atoms with Gasteiger partial charge in [-0.05, 0) is 37.6 Å². The minimum absolute atomic E-state index is 0.536. The molecule has 0 aliphatic heterocycles. The van der Waals surface area contributed by atoms with Crippen LogP contribution in [0.2, 0.25) is 5.02 Å². The van der Waals surface area contributed by atoms with Crippen molar-refractivity contribution in [1.82, 2.24) is 4.98 Å². The van der Waals surface area contributed by atoms with Crippen LogP contribution in [0.15, 0.2) is 24.3 Å². The number of hydrogen-bond donors (Lipinski definition) is 1. The number of ether oxygens (including phenoxy) is 1. The Balaban J connectivity index is 1.67. The highest BCUT2D eigenvalue weighted by Gasteiger charge is 2.13. The number of aliphatic hydroxyl groups is 1. The quantitative estimate of drug-likeness (QED) is 0.270. The fraction of sp³-hybridized carbons (Fsp3) is 0.654. The number of nitrogens with zero attached hydrogens (tertiary/aromatic N) is 1. The lowest BCUT2D eigenvalue weighted by molar-refractivity contribution is 0.159. The molecule has 0 bridgehead atoms. The molecule has 1 aromatic carbocycles. The average Bonchev–Trinajstić information content (AvgIpc) is 2.76. The molecule has 3 nitrogen and oxygen atoms in total. The van der Waals surface area contributed by atoms with Gasteiger partial charge in [0.2, 0.25) is 0 Å². The maximum absolute atomic E-state index is 10.6. The lowest BCUT2D eigenvalue weighted by Gasteiger charge is -2.13. The van der Waals surface area contributed by atoms with Gasteiger partial charge in [0.15, 0.2) is 0 Å². The number of hydrogen-bond acceptors (Lipinski definition) is 3. The Kier molecular flexibility index (Phi) is 12.2. The molecule has 0 amide bonds. The maximum atomic E-state index is 10.6. The predicted octanol–water partition coefficient (Wildman–Crippen LogP) is 8.41. The molecule has 4 heteroatoms. The minimum atomic E-state index is -0.536. The van der Waals surface area contributed by atoms with E-state index < -0.39 is 6.10 Å². The fourth-order valence-electron chi connectivity index (χ4n) is 3.96. The smallest absolute Gasteiger partial charge is 0.145 e. The summed E-state index contributed by atoms with van der Waals surface area (Å²) in [5, 5.41) is 12.1. The number of fused-ring (bicyclic) bond motifs is 1. The van der Waals surface area contributed by atoms with Crippen LogP contribution in [0.5, 0.6) is 5.75 Å². The third-order valence-corrected chi connectivity index (χ3v) is 6.09. The van der Waals surface area contributed by atoms with Crippen molar-refractivity contribution in [2.75, 3.05) is 6.61 Å². The first-order valence-corrected chi connectivity index (χ1v) is 12.4. The maximum Gasteiger partial charge on any atom is 0.145 e. The second-order valence-corrected chi connectivity index (χ2v) is 8.71. The van der Waals surface area contributed by atoms with Crippen molar-refractivity contribution >= 4 is 22.5 Å². The highest BCUT2D eigenvalue weighted by atomic mass is 35.5. The summed E-state index contributed by atoms with van der Waals surface area (Å²) in [5.41, 5.74) is 1.43. The zero-order chi connectivity index (χ0) is 21.6. The Bertz CT molecular complexity index is 734. The molecule has 2 rings (SSSR count). The lowest BCUT2D eigenvalue weighted by Crippen LogP contribution is -2.02. The normalized spacial score (nSPS) is 12.4. The van der Waals surface area contributed by atoms with Crippen LogP contribution < -0.4 is 4.74 Å². The molecule has 168 valence electrons. The Morgan fingerprint density at radius 1 is 0.833 bits per heavy atom. The molecule has 1 N–H and O–H groups in total. The minimum Gasteiger partial charge on any atom is -0.492 e. The Hall–Kier alpha value is -1.32. The first-order valence-electron chi connectivity index (χ1n) is 12.1. The topological polar surface area (TPSA) is 42.4 Å². The van der Waals surface area contributed by atoms with Gasteiger partial charge < -0.3 is 9.84 Å². The SMILES string of the molecule is CCCCCCCCCCCCCCC(O)c1ccc2c(Cl)ccc(OCC)c2n1. The van der Waals surface area contributed by atoms with Crippen molar-refractivity contribution in [3.63, 3.8) is 0 Å². The number of aromatic nitrogens is 1. The first-order chi connectivity index (χ1) is 14.7. The van der Waals surface area contributed by atoms with Crippen molar-refractivity contribution < 1.29 is 9.84 Å². The predicted molar refractivity (Wildman–Crippen MR) is 129 cm³/mol. The molecule has 0 aliphatic carbocycles. The monoisotopic (exact) mass is 433 g/mol. The molecule has 1 unspecified atom stereocenters. The molecule has 0 saturated carbocycles. The van der Waals surface area contributed by atoms with Gasteiger partial charge in [-0.15, -0.1) is 0 Å². The summed E-state index contributed by atoms with van der Waals surface area (Å²) in [5.74, 6) is 0.719. The third kappa shape index (κ3) is 8.43. The van der Waals surface area contributed by atoms with Crippen LogP contribution in [0, 0.1) is 0 Å². The molecule has 0 spiro atoms. The summed E-state index contributed by atoms with van der Waals surface area (Å²) in [6.07, 6.45) is 16.1. The third-order valence-electron chi connectivity index (χ3n) is 5.76. The molecule has 30 heavy (non-hydrogen) atoms.